The monoisotopic (exact) mass is 352 g/mol. The summed E-state index contributed by atoms with van der Waals surface area (Å²) in [6, 6.07) is 0.172. The van der Waals surface area contributed by atoms with Crippen LogP contribution in [0.4, 0.5) is 5.95 Å². The molecule has 1 aromatic heterocycles. The van der Waals surface area contributed by atoms with Crippen molar-refractivity contribution in [2.24, 2.45) is 0 Å². The number of sulfonamides is 1. The Morgan fingerprint density at radius 1 is 1.29 bits per heavy atom. The predicted molar refractivity (Wildman–Crippen MR) is 84.4 cm³/mol. The van der Waals surface area contributed by atoms with Gasteiger partial charge in [0.15, 0.2) is 0 Å². The minimum Gasteiger partial charge on any atom is -0.351 e. The first-order chi connectivity index (χ1) is 10.0. The fourth-order valence-electron chi connectivity index (χ4n) is 2.21. The first kappa shape index (κ1) is 16.7. The van der Waals surface area contributed by atoms with Crippen LogP contribution >= 0.6 is 23.2 Å². The van der Waals surface area contributed by atoms with Crippen molar-refractivity contribution in [2.45, 2.75) is 25.3 Å². The van der Waals surface area contributed by atoms with Crippen LogP contribution < -0.4 is 5.32 Å². The Morgan fingerprint density at radius 2 is 1.90 bits per heavy atom. The molecular weight excluding hydrogens is 335 g/mol. The molecule has 0 amide bonds. The molecule has 21 heavy (non-hydrogen) atoms. The van der Waals surface area contributed by atoms with E-state index in [1.807, 2.05) is 0 Å². The van der Waals surface area contributed by atoms with Crippen molar-refractivity contribution in [2.75, 3.05) is 30.0 Å². The molecule has 6 nitrogen and oxygen atoms in total. The number of aromatic nitrogens is 2. The molecule has 2 rings (SSSR count). The van der Waals surface area contributed by atoms with Crippen molar-refractivity contribution in [3.63, 3.8) is 0 Å². The Labute approximate surface area is 134 Å². The van der Waals surface area contributed by atoms with Crippen molar-refractivity contribution in [1.82, 2.24) is 14.3 Å². The van der Waals surface area contributed by atoms with E-state index in [-0.39, 0.29) is 11.8 Å². The van der Waals surface area contributed by atoms with Gasteiger partial charge in [-0.25, -0.2) is 22.7 Å². The third-order valence-electron chi connectivity index (χ3n) is 3.34. The minimum atomic E-state index is -3.17. The van der Waals surface area contributed by atoms with E-state index >= 15 is 0 Å². The molecular formula is C12H18Cl2N4O2S. The Hall–Kier alpha value is -0.630. The van der Waals surface area contributed by atoms with E-state index in [0.29, 0.717) is 36.4 Å². The van der Waals surface area contributed by atoms with Gasteiger partial charge in [-0.05, 0) is 19.3 Å². The number of hydrogen-bond donors (Lipinski definition) is 1. The van der Waals surface area contributed by atoms with E-state index in [9.17, 15) is 8.42 Å². The van der Waals surface area contributed by atoms with Crippen LogP contribution in [0.25, 0.3) is 0 Å². The standard InChI is InChI=1S/C12H18Cl2N4O2S/c13-4-1-7-21(19,20)18-5-2-11(3-6-18)17-12-15-8-10(14)9-16-12/h8-9,11H,1-7H2,(H,15,16,17). The summed E-state index contributed by atoms with van der Waals surface area (Å²) < 4.78 is 25.7. The van der Waals surface area contributed by atoms with Crippen molar-refractivity contribution in [3.8, 4) is 0 Å². The van der Waals surface area contributed by atoms with Gasteiger partial charge in [0.25, 0.3) is 0 Å². The van der Waals surface area contributed by atoms with Gasteiger partial charge in [0.1, 0.15) is 0 Å². The minimum absolute atomic E-state index is 0.120. The third-order valence-corrected chi connectivity index (χ3v) is 5.76. The first-order valence-electron chi connectivity index (χ1n) is 6.79. The number of nitrogens with one attached hydrogen (secondary N) is 1. The average Bonchev–Trinajstić information content (AvgIpc) is 2.48. The lowest BCUT2D eigenvalue weighted by atomic mass is 10.1. The largest absolute Gasteiger partial charge is 0.351 e. The van der Waals surface area contributed by atoms with Crippen molar-refractivity contribution in [1.29, 1.82) is 0 Å². The van der Waals surface area contributed by atoms with E-state index < -0.39 is 10.0 Å². The van der Waals surface area contributed by atoms with E-state index in [4.69, 9.17) is 23.2 Å². The van der Waals surface area contributed by atoms with E-state index in [1.54, 1.807) is 4.31 Å². The van der Waals surface area contributed by atoms with E-state index in [2.05, 4.69) is 15.3 Å². The summed E-state index contributed by atoms with van der Waals surface area (Å²) in [6.45, 7) is 1.02. The fourth-order valence-corrected chi connectivity index (χ4v) is 4.14. The second kappa shape index (κ2) is 7.58. The summed E-state index contributed by atoms with van der Waals surface area (Å²) in [5, 5.41) is 3.69. The summed E-state index contributed by atoms with van der Waals surface area (Å²) in [5.41, 5.74) is 0. The predicted octanol–water partition coefficient (Wildman–Crippen LogP) is 1.96. The average molecular weight is 353 g/mol. The molecule has 0 bridgehead atoms. The first-order valence-corrected chi connectivity index (χ1v) is 9.31. The number of piperidine rings is 1. The van der Waals surface area contributed by atoms with Gasteiger partial charge in [0.2, 0.25) is 16.0 Å². The van der Waals surface area contributed by atoms with E-state index in [0.717, 1.165) is 12.8 Å². The van der Waals surface area contributed by atoms with Crippen LogP contribution in [-0.2, 0) is 10.0 Å². The van der Waals surface area contributed by atoms with Gasteiger partial charge in [-0.15, -0.1) is 11.6 Å². The van der Waals surface area contributed by atoms with Gasteiger partial charge >= 0.3 is 0 Å². The lowest BCUT2D eigenvalue weighted by molar-refractivity contribution is 0.329. The quantitative estimate of drug-likeness (QED) is 0.792. The molecule has 0 aliphatic carbocycles. The summed E-state index contributed by atoms with van der Waals surface area (Å²) in [5.74, 6) is 1.00. The number of hydrogen-bond acceptors (Lipinski definition) is 5. The molecule has 0 aromatic carbocycles. The van der Waals surface area contributed by atoms with E-state index in [1.165, 1.54) is 12.4 Å². The lowest BCUT2D eigenvalue weighted by Gasteiger charge is -2.31. The van der Waals surface area contributed by atoms with Crippen LogP contribution in [0.2, 0.25) is 5.02 Å². The van der Waals surface area contributed by atoms with Gasteiger partial charge in [-0.3, -0.25) is 0 Å². The van der Waals surface area contributed by atoms with Crippen LogP contribution in [0.1, 0.15) is 19.3 Å². The van der Waals surface area contributed by atoms with Crippen LogP contribution in [-0.4, -0.2) is 53.5 Å². The third kappa shape index (κ3) is 4.95. The molecule has 1 aliphatic rings. The zero-order valence-corrected chi connectivity index (χ0v) is 13.8. The van der Waals surface area contributed by atoms with Gasteiger partial charge in [0.05, 0.1) is 23.2 Å². The Kier molecular flexibility index (Phi) is 6.04. The van der Waals surface area contributed by atoms with Gasteiger partial charge in [-0.1, -0.05) is 11.6 Å². The van der Waals surface area contributed by atoms with Crippen molar-refractivity contribution in [3.05, 3.63) is 17.4 Å². The highest BCUT2D eigenvalue weighted by Gasteiger charge is 2.27. The molecule has 1 saturated heterocycles. The van der Waals surface area contributed by atoms with Crippen LogP contribution in [0, 0.1) is 0 Å². The Bertz CT molecular complexity index is 545. The highest BCUT2D eigenvalue weighted by molar-refractivity contribution is 7.89. The maximum Gasteiger partial charge on any atom is 0.222 e. The van der Waals surface area contributed by atoms with Gasteiger partial charge < -0.3 is 5.32 Å². The zero-order valence-electron chi connectivity index (χ0n) is 11.5. The molecule has 1 aromatic rings. The van der Waals surface area contributed by atoms with Gasteiger partial charge in [0, 0.05) is 25.0 Å². The summed E-state index contributed by atoms with van der Waals surface area (Å²) in [6.07, 6.45) is 5.00. The molecule has 0 saturated carbocycles. The van der Waals surface area contributed by atoms with Gasteiger partial charge in [-0.2, -0.15) is 0 Å². The van der Waals surface area contributed by atoms with Crippen molar-refractivity contribution < 1.29 is 8.42 Å². The molecule has 2 heterocycles. The highest BCUT2D eigenvalue weighted by atomic mass is 35.5. The zero-order chi connectivity index (χ0) is 15.3. The summed E-state index contributed by atoms with van der Waals surface area (Å²) in [4.78, 5) is 8.16. The maximum atomic E-state index is 12.1. The number of nitrogens with zero attached hydrogens (tertiary/aromatic N) is 3. The number of rotatable bonds is 6. The summed E-state index contributed by atoms with van der Waals surface area (Å²) in [7, 11) is -3.17. The second-order valence-electron chi connectivity index (χ2n) is 4.90. The maximum absolute atomic E-state index is 12.1. The molecule has 0 atom stereocenters. The summed E-state index contributed by atoms with van der Waals surface area (Å²) >= 11 is 11.3. The molecule has 1 aliphatic heterocycles. The topological polar surface area (TPSA) is 75.2 Å². The molecule has 0 radical (unpaired) electrons. The molecule has 1 N–H and O–H groups in total. The SMILES string of the molecule is O=S(=O)(CCCCl)N1CCC(Nc2ncc(Cl)cn2)CC1. The number of halogens is 2. The molecule has 9 heteroatoms. The second-order valence-corrected chi connectivity index (χ2v) is 7.80. The van der Waals surface area contributed by atoms with Crippen LogP contribution in [0.3, 0.4) is 0 Å². The smallest absolute Gasteiger partial charge is 0.222 e. The fraction of sp³-hybridized carbons (Fsp3) is 0.667. The molecule has 0 unspecified atom stereocenters. The lowest BCUT2D eigenvalue weighted by Crippen LogP contribution is -2.43. The molecule has 0 spiro atoms. The van der Waals surface area contributed by atoms with Crippen LogP contribution in [0.15, 0.2) is 12.4 Å². The molecule has 118 valence electrons. The Morgan fingerprint density at radius 3 is 2.48 bits per heavy atom. The van der Waals surface area contributed by atoms with Crippen LogP contribution in [0.5, 0.6) is 0 Å². The normalized spacial score (nSPS) is 17.8. The molecule has 1 fully saturated rings. The highest BCUT2D eigenvalue weighted by Crippen LogP contribution is 2.18. The number of anilines is 1. The van der Waals surface area contributed by atoms with Crippen molar-refractivity contribution >= 4 is 39.2 Å². The number of alkyl halides is 1. The Balaban J connectivity index is 1.84.